The predicted molar refractivity (Wildman–Crippen MR) is 75.8 cm³/mol. The summed E-state index contributed by atoms with van der Waals surface area (Å²) in [6, 6.07) is -0.270. The molecule has 3 amide bonds. The van der Waals surface area contributed by atoms with E-state index in [2.05, 4.69) is 5.32 Å². The maximum atomic E-state index is 12.0. The predicted octanol–water partition coefficient (Wildman–Crippen LogP) is 0.505. The first-order valence-electron chi connectivity index (χ1n) is 7.58. The lowest BCUT2D eigenvalue weighted by molar-refractivity contribution is -0.138. The third kappa shape index (κ3) is 4.61. The summed E-state index contributed by atoms with van der Waals surface area (Å²) in [6.45, 7) is 2.59. The van der Waals surface area contributed by atoms with Gasteiger partial charge in [0.15, 0.2) is 0 Å². The summed E-state index contributed by atoms with van der Waals surface area (Å²) in [6.07, 6.45) is 4.02. The standard InChI is InChI=1S/C14H23N3O4/c18-12(16-5-2-1-3-6-16)9-15-14(21)17-7-4-11(10-17)8-13(19)20/h11H,1-10H2,(H,15,21)(H,19,20). The molecule has 1 unspecified atom stereocenters. The third-order valence-corrected chi connectivity index (χ3v) is 4.14. The van der Waals surface area contributed by atoms with Crippen molar-refractivity contribution in [2.75, 3.05) is 32.7 Å². The highest BCUT2D eigenvalue weighted by molar-refractivity contribution is 5.84. The number of aliphatic carboxylic acids is 1. The quantitative estimate of drug-likeness (QED) is 0.791. The summed E-state index contributed by atoms with van der Waals surface area (Å²) in [5.74, 6) is -0.849. The topological polar surface area (TPSA) is 90.0 Å². The van der Waals surface area contributed by atoms with Gasteiger partial charge in [0, 0.05) is 32.6 Å². The van der Waals surface area contributed by atoms with Gasteiger partial charge in [-0.05, 0) is 31.6 Å². The van der Waals surface area contributed by atoms with Crippen molar-refractivity contribution in [2.24, 2.45) is 5.92 Å². The number of nitrogens with one attached hydrogen (secondary N) is 1. The number of likely N-dealkylation sites (tertiary alicyclic amines) is 2. The summed E-state index contributed by atoms with van der Waals surface area (Å²) in [5, 5.41) is 11.4. The van der Waals surface area contributed by atoms with Crippen molar-refractivity contribution in [1.29, 1.82) is 0 Å². The molecule has 0 bridgehead atoms. The molecular formula is C14H23N3O4. The summed E-state index contributed by atoms with van der Waals surface area (Å²) < 4.78 is 0. The molecule has 0 radical (unpaired) electrons. The Kier molecular flexibility index (Phi) is 5.41. The molecule has 21 heavy (non-hydrogen) atoms. The number of nitrogens with zero attached hydrogens (tertiary/aromatic N) is 2. The first kappa shape index (κ1) is 15.6. The fourth-order valence-electron chi connectivity index (χ4n) is 2.95. The van der Waals surface area contributed by atoms with Gasteiger partial charge >= 0.3 is 12.0 Å². The number of carbonyl (C=O) groups excluding carboxylic acids is 2. The van der Waals surface area contributed by atoms with E-state index in [0.29, 0.717) is 19.5 Å². The molecular weight excluding hydrogens is 274 g/mol. The van der Waals surface area contributed by atoms with Crippen LogP contribution in [0, 0.1) is 5.92 Å². The SMILES string of the molecule is O=C(O)CC1CCN(C(=O)NCC(=O)N2CCCCC2)C1. The monoisotopic (exact) mass is 297 g/mol. The Hall–Kier alpha value is -1.79. The van der Waals surface area contributed by atoms with E-state index >= 15 is 0 Å². The van der Waals surface area contributed by atoms with E-state index < -0.39 is 5.97 Å². The van der Waals surface area contributed by atoms with Crippen LogP contribution < -0.4 is 5.32 Å². The average molecular weight is 297 g/mol. The zero-order chi connectivity index (χ0) is 15.2. The maximum absolute atomic E-state index is 12.0. The van der Waals surface area contributed by atoms with Crippen molar-refractivity contribution < 1.29 is 19.5 Å². The smallest absolute Gasteiger partial charge is 0.317 e. The highest BCUT2D eigenvalue weighted by Gasteiger charge is 2.28. The Labute approximate surface area is 124 Å². The Morgan fingerprint density at radius 2 is 1.76 bits per heavy atom. The minimum Gasteiger partial charge on any atom is -0.481 e. The molecule has 0 saturated carbocycles. The van der Waals surface area contributed by atoms with E-state index in [-0.39, 0.29) is 30.8 Å². The number of amides is 3. The number of hydrogen-bond acceptors (Lipinski definition) is 3. The van der Waals surface area contributed by atoms with Crippen molar-refractivity contribution >= 4 is 17.9 Å². The van der Waals surface area contributed by atoms with Crippen LogP contribution in [0.2, 0.25) is 0 Å². The van der Waals surface area contributed by atoms with Crippen molar-refractivity contribution in [1.82, 2.24) is 15.1 Å². The molecule has 1 atom stereocenters. The second-order valence-corrected chi connectivity index (χ2v) is 5.80. The van der Waals surface area contributed by atoms with Gasteiger partial charge < -0.3 is 20.2 Å². The number of carbonyl (C=O) groups is 3. The summed E-state index contributed by atoms with van der Waals surface area (Å²) >= 11 is 0. The van der Waals surface area contributed by atoms with Gasteiger partial charge in [0.25, 0.3) is 0 Å². The molecule has 2 saturated heterocycles. The number of urea groups is 1. The minimum atomic E-state index is -0.831. The second kappa shape index (κ2) is 7.28. The number of hydrogen-bond donors (Lipinski definition) is 2. The van der Waals surface area contributed by atoms with Gasteiger partial charge in [-0.1, -0.05) is 0 Å². The van der Waals surface area contributed by atoms with Crippen LogP contribution in [0.15, 0.2) is 0 Å². The van der Waals surface area contributed by atoms with Gasteiger partial charge in [0.1, 0.15) is 0 Å². The normalized spacial score (nSPS) is 22.2. The summed E-state index contributed by atoms with van der Waals surface area (Å²) in [5.41, 5.74) is 0. The molecule has 7 heteroatoms. The Balaban J connectivity index is 1.70. The van der Waals surface area contributed by atoms with Crippen LogP contribution in [0.4, 0.5) is 4.79 Å². The first-order chi connectivity index (χ1) is 10.1. The average Bonchev–Trinajstić information content (AvgIpc) is 2.93. The van der Waals surface area contributed by atoms with Crippen LogP contribution in [-0.2, 0) is 9.59 Å². The fourth-order valence-corrected chi connectivity index (χ4v) is 2.95. The molecule has 2 aliphatic rings. The van der Waals surface area contributed by atoms with Crippen molar-refractivity contribution in [3.8, 4) is 0 Å². The Morgan fingerprint density at radius 3 is 2.43 bits per heavy atom. The summed E-state index contributed by atoms with van der Waals surface area (Å²) in [7, 11) is 0. The van der Waals surface area contributed by atoms with Gasteiger partial charge in [-0.2, -0.15) is 0 Å². The lowest BCUT2D eigenvalue weighted by Gasteiger charge is -2.27. The van der Waals surface area contributed by atoms with E-state index in [0.717, 1.165) is 32.4 Å². The summed E-state index contributed by atoms with van der Waals surface area (Å²) in [4.78, 5) is 37.9. The lowest BCUT2D eigenvalue weighted by atomic mass is 10.1. The molecule has 2 fully saturated rings. The Bertz CT molecular complexity index is 407. The number of rotatable bonds is 4. The van der Waals surface area contributed by atoms with Gasteiger partial charge in [-0.15, -0.1) is 0 Å². The molecule has 2 rings (SSSR count). The van der Waals surface area contributed by atoms with Crippen LogP contribution in [0.1, 0.15) is 32.1 Å². The van der Waals surface area contributed by atoms with Crippen molar-refractivity contribution in [2.45, 2.75) is 32.1 Å². The molecule has 2 heterocycles. The number of carboxylic acids is 1. The number of carboxylic acid groups (broad SMARTS) is 1. The molecule has 0 aliphatic carbocycles. The minimum absolute atomic E-state index is 0.0195. The molecule has 0 aromatic rings. The zero-order valence-corrected chi connectivity index (χ0v) is 12.2. The van der Waals surface area contributed by atoms with Crippen LogP contribution in [0.5, 0.6) is 0 Å². The molecule has 2 aliphatic heterocycles. The fraction of sp³-hybridized carbons (Fsp3) is 0.786. The molecule has 0 aromatic heterocycles. The molecule has 2 N–H and O–H groups in total. The van der Waals surface area contributed by atoms with Gasteiger partial charge in [0.2, 0.25) is 5.91 Å². The highest BCUT2D eigenvalue weighted by Crippen LogP contribution is 2.19. The van der Waals surface area contributed by atoms with Crippen molar-refractivity contribution in [3.63, 3.8) is 0 Å². The van der Waals surface area contributed by atoms with E-state index in [1.54, 1.807) is 9.80 Å². The van der Waals surface area contributed by atoms with Crippen LogP contribution >= 0.6 is 0 Å². The van der Waals surface area contributed by atoms with Crippen LogP contribution in [0.25, 0.3) is 0 Å². The van der Waals surface area contributed by atoms with E-state index in [9.17, 15) is 14.4 Å². The molecule has 7 nitrogen and oxygen atoms in total. The highest BCUT2D eigenvalue weighted by atomic mass is 16.4. The molecule has 0 spiro atoms. The largest absolute Gasteiger partial charge is 0.481 e. The molecule has 118 valence electrons. The Morgan fingerprint density at radius 1 is 1.05 bits per heavy atom. The zero-order valence-electron chi connectivity index (χ0n) is 12.2. The third-order valence-electron chi connectivity index (χ3n) is 4.14. The van der Waals surface area contributed by atoms with Crippen molar-refractivity contribution in [3.05, 3.63) is 0 Å². The maximum Gasteiger partial charge on any atom is 0.317 e. The van der Waals surface area contributed by atoms with Gasteiger partial charge in [0.05, 0.1) is 6.54 Å². The molecule has 0 aromatic carbocycles. The van der Waals surface area contributed by atoms with E-state index in [4.69, 9.17) is 5.11 Å². The van der Waals surface area contributed by atoms with Crippen LogP contribution in [0.3, 0.4) is 0 Å². The number of piperidine rings is 1. The van der Waals surface area contributed by atoms with E-state index in [1.807, 2.05) is 0 Å². The van der Waals surface area contributed by atoms with Crippen LogP contribution in [-0.4, -0.2) is 65.5 Å². The lowest BCUT2D eigenvalue weighted by Crippen LogP contribution is -2.46. The van der Waals surface area contributed by atoms with Gasteiger partial charge in [-0.3, -0.25) is 9.59 Å². The van der Waals surface area contributed by atoms with E-state index in [1.165, 1.54) is 0 Å². The van der Waals surface area contributed by atoms with Gasteiger partial charge in [-0.25, -0.2) is 4.79 Å². The first-order valence-corrected chi connectivity index (χ1v) is 7.58. The second-order valence-electron chi connectivity index (χ2n) is 5.80.